The fraction of sp³-hybridized carbons (Fsp3) is 0.143. The number of rotatable bonds is 3. The maximum Gasteiger partial charge on any atom is 0.0238 e. The van der Waals surface area contributed by atoms with Crippen molar-refractivity contribution in [3.05, 3.63) is 65.7 Å². The van der Waals surface area contributed by atoms with Crippen LogP contribution in [0.15, 0.2) is 53.4 Å². The van der Waals surface area contributed by atoms with Crippen LogP contribution in [0.3, 0.4) is 0 Å². The Morgan fingerprint density at radius 1 is 1.00 bits per heavy atom. The van der Waals surface area contributed by atoms with Gasteiger partial charge >= 0.3 is 0 Å². The van der Waals surface area contributed by atoms with Crippen molar-refractivity contribution in [2.45, 2.75) is 17.6 Å². The standard InChI is InChI=1S/C14H13S/c1-12-6-5-7-13(10-12)11-15-14-8-3-2-4-9-14/h2-9H,11H2,1H3. The summed E-state index contributed by atoms with van der Waals surface area (Å²) in [6, 6.07) is 20.1. The highest BCUT2D eigenvalue weighted by atomic mass is 32.2. The Bertz CT molecular complexity index is 420. The van der Waals surface area contributed by atoms with Crippen LogP contribution >= 0.6 is 11.8 Å². The van der Waals surface area contributed by atoms with E-state index in [9.17, 15) is 0 Å². The zero-order chi connectivity index (χ0) is 10.5. The van der Waals surface area contributed by atoms with Crippen LogP contribution in [-0.2, 0) is 5.75 Å². The molecular weight excluding hydrogens is 200 g/mol. The van der Waals surface area contributed by atoms with Crippen LogP contribution < -0.4 is 0 Å². The predicted octanol–water partition coefficient (Wildman–Crippen LogP) is 4.09. The fourth-order valence-electron chi connectivity index (χ4n) is 1.41. The Kier molecular flexibility index (Phi) is 3.46. The molecule has 0 aliphatic heterocycles. The molecule has 2 aromatic rings. The first-order valence-corrected chi connectivity index (χ1v) is 5.99. The van der Waals surface area contributed by atoms with Gasteiger partial charge in [0.1, 0.15) is 0 Å². The Labute approximate surface area is 95.3 Å². The van der Waals surface area contributed by atoms with E-state index in [2.05, 4.69) is 55.5 Å². The first kappa shape index (κ1) is 10.3. The molecule has 1 heteroatoms. The molecule has 0 N–H and O–H groups in total. The number of aryl methyl sites for hydroxylation is 1. The summed E-state index contributed by atoms with van der Waals surface area (Å²) < 4.78 is 0. The van der Waals surface area contributed by atoms with Crippen LogP contribution in [0.4, 0.5) is 0 Å². The third-order valence-electron chi connectivity index (χ3n) is 2.14. The molecular formula is C14H13S. The van der Waals surface area contributed by atoms with Gasteiger partial charge in [0.25, 0.3) is 0 Å². The second-order valence-electron chi connectivity index (χ2n) is 3.46. The summed E-state index contributed by atoms with van der Waals surface area (Å²) in [6.07, 6.45) is 0. The van der Waals surface area contributed by atoms with Gasteiger partial charge in [-0.25, -0.2) is 0 Å². The molecule has 2 rings (SSSR count). The lowest BCUT2D eigenvalue weighted by Gasteiger charge is -2.02. The molecule has 1 radical (unpaired) electrons. The topological polar surface area (TPSA) is 0 Å². The average Bonchev–Trinajstić information content (AvgIpc) is 2.28. The zero-order valence-electron chi connectivity index (χ0n) is 8.73. The van der Waals surface area contributed by atoms with E-state index in [1.807, 2.05) is 17.8 Å². The molecule has 0 saturated carbocycles. The summed E-state index contributed by atoms with van der Waals surface area (Å²) in [5.74, 6) is 0.992. The third kappa shape index (κ3) is 3.14. The number of benzene rings is 2. The fourth-order valence-corrected chi connectivity index (χ4v) is 2.25. The minimum absolute atomic E-state index is 0.992. The quantitative estimate of drug-likeness (QED) is 0.692. The van der Waals surface area contributed by atoms with E-state index in [-0.39, 0.29) is 0 Å². The van der Waals surface area contributed by atoms with Crippen LogP contribution in [0.25, 0.3) is 0 Å². The Morgan fingerprint density at radius 3 is 2.53 bits per heavy atom. The Hall–Kier alpha value is -1.21. The third-order valence-corrected chi connectivity index (χ3v) is 3.20. The molecule has 0 spiro atoms. The summed E-state index contributed by atoms with van der Waals surface area (Å²) in [7, 11) is 0. The van der Waals surface area contributed by atoms with E-state index in [4.69, 9.17) is 0 Å². The van der Waals surface area contributed by atoms with Crippen molar-refractivity contribution < 1.29 is 0 Å². The van der Waals surface area contributed by atoms with Crippen LogP contribution in [0.1, 0.15) is 11.1 Å². The molecule has 0 saturated heterocycles. The molecule has 15 heavy (non-hydrogen) atoms. The largest absolute Gasteiger partial charge is 0.121 e. The number of thioether (sulfide) groups is 1. The molecule has 75 valence electrons. The summed E-state index contributed by atoms with van der Waals surface area (Å²) in [4.78, 5) is 1.31. The Morgan fingerprint density at radius 2 is 1.80 bits per heavy atom. The highest BCUT2D eigenvalue weighted by molar-refractivity contribution is 7.98. The SMILES string of the molecule is Cc1[c]c(CSc2ccccc2)ccc1. The predicted molar refractivity (Wildman–Crippen MR) is 66.0 cm³/mol. The van der Waals surface area contributed by atoms with Crippen molar-refractivity contribution in [2.75, 3.05) is 0 Å². The molecule has 0 unspecified atom stereocenters. The van der Waals surface area contributed by atoms with Gasteiger partial charge in [-0.1, -0.05) is 36.4 Å². The maximum atomic E-state index is 3.36. The molecule has 0 amide bonds. The molecule has 0 aliphatic carbocycles. The molecule has 0 nitrogen and oxygen atoms in total. The lowest BCUT2D eigenvalue weighted by Crippen LogP contribution is -1.82. The molecule has 0 bridgehead atoms. The highest BCUT2D eigenvalue weighted by Gasteiger charge is 1.96. The van der Waals surface area contributed by atoms with Gasteiger partial charge < -0.3 is 0 Å². The van der Waals surface area contributed by atoms with Gasteiger partial charge in [0.05, 0.1) is 0 Å². The van der Waals surface area contributed by atoms with Gasteiger partial charge in [0, 0.05) is 10.6 Å². The summed E-state index contributed by atoms with van der Waals surface area (Å²) in [6.45, 7) is 2.08. The van der Waals surface area contributed by atoms with Gasteiger partial charge in [-0.15, -0.1) is 11.8 Å². The first-order valence-electron chi connectivity index (χ1n) is 5.00. The number of hydrogen-bond donors (Lipinski definition) is 0. The monoisotopic (exact) mass is 213 g/mol. The van der Waals surface area contributed by atoms with Crippen LogP contribution in [-0.4, -0.2) is 0 Å². The van der Waals surface area contributed by atoms with Crippen LogP contribution in [0, 0.1) is 13.0 Å². The minimum atomic E-state index is 0.992. The van der Waals surface area contributed by atoms with Gasteiger partial charge in [0.15, 0.2) is 0 Å². The van der Waals surface area contributed by atoms with Crippen molar-refractivity contribution in [3.63, 3.8) is 0 Å². The summed E-state index contributed by atoms with van der Waals surface area (Å²) in [5, 5.41) is 0. The normalized spacial score (nSPS) is 10.2. The van der Waals surface area contributed by atoms with E-state index >= 15 is 0 Å². The van der Waals surface area contributed by atoms with Crippen LogP contribution in [0.5, 0.6) is 0 Å². The number of hydrogen-bond acceptors (Lipinski definition) is 1. The molecule has 0 aliphatic rings. The maximum absolute atomic E-state index is 3.36. The van der Waals surface area contributed by atoms with Crippen molar-refractivity contribution >= 4 is 11.8 Å². The van der Waals surface area contributed by atoms with E-state index in [0.717, 1.165) is 5.75 Å². The first-order chi connectivity index (χ1) is 7.34. The molecule has 0 atom stereocenters. The van der Waals surface area contributed by atoms with Gasteiger partial charge in [-0.05, 0) is 36.2 Å². The van der Waals surface area contributed by atoms with Crippen molar-refractivity contribution in [3.8, 4) is 0 Å². The second kappa shape index (κ2) is 5.04. The molecule has 0 aromatic heterocycles. The highest BCUT2D eigenvalue weighted by Crippen LogP contribution is 2.22. The second-order valence-corrected chi connectivity index (χ2v) is 4.51. The van der Waals surface area contributed by atoms with Crippen molar-refractivity contribution in [2.24, 2.45) is 0 Å². The van der Waals surface area contributed by atoms with Gasteiger partial charge in [-0.2, -0.15) is 0 Å². The lowest BCUT2D eigenvalue weighted by molar-refractivity contribution is 1.33. The zero-order valence-corrected chi connectivity index (χ0v) is 9.55. The summed E-state index contributed by atoms with van der Waals surface area (Å²) in [5.41, 5.74) is 2.48. The lowest BCUT2D eigenvalue weighted by atomic mass is 10.2. The van der Waals surface area contributed by atoms with E-state index in [0.29, 0.717) is 0 Å². The van der Waals surface area contributed by atoms with Gasteiger partial charge in [-0.3, -0.25) is 0 Å². The van der Waals surface area contributed by atoms with Gasteiger partial charge in [0.2, 0.25) is 0 Å². The smallest absolute Gasteiger partial charge is 0.0238 e. The Balaban J connectivity index is 1.99. The minimum Gasteiger partial charge on any atom is -0.121 e. The average molecular weight is 213 g/mol. The van der Waals surface area contributed by atoms with E-state index in [1.54, 1.807) is 0 Å². The molecule has 0 fully saturated rings. The van der Waals surface area contributed by atoms with Crippen molar-refractivity contribution in [1.82, 2.24) is 0 Å². The molecule has 0 heterocycles. The van der Waals surface area contributed by atoms with Crippen molar-refractivity contribution in [1.29, 1.82) is 0 Å². The van der Waals surface area contributed by atoms with E-state index in [1.165, 1.54) is 16.0 Å². The summed E-state index contributed by atoms with van der Waals surface area (Å²) >= 11 is 1.85. The van der Waals surface area contributed by atoms with Crippen LogP contribution in [0.2, 0.25) is 0 Å². The van der Waals surface area contributed by atoms with E-state index < -0.39 is 0 Å². The molecule has 2 aromatic carbocycles.